The maximum Gasteiger partial charge on any atom is 0.238 e. The third-order valence-corrected chi connectivity index (χ3v) is 3.61. The highest BCUT2D eigenvalue weighted by Crippen LogP contribution is 2.20. The molecule has 0 aliphatic rings. The fourth-order valence-corrected chi connectivity index (χ4v) is 2.22. The number of nitrogens with zero attached hydrogens (tertiary/aromatic N) is 1. The Kier molecular flexibility index (Phi) is 6.02. The Labute approximate surface area is 122 Å². The van der Waals surface area contributed by atoms with Crippen LogP contribution < -0.4 is 11.1 Å². The van der Waals surface area contributed by atoms with Crippen molar-refractivity contribution < 1.29 is 4.79 Å². The lowest BCUT2D eigenvalue weighted by Crippen LogP contribution is -2.37. The number of hydrogen-bond donors (Lipinski definition) is 2. The third kappa shape index (κ3) is 4.85. The Balaban J connectivity index is 2.57. The van der Waals surface area contributed by atoms with Gasteiger partial charge in [0, 0.05) is 17.4 Å². The first-order valence-corrected chi connectivity index (χ1v) is 7.16. The summed E-state index contributed by atoms with van der Waals surface area (Å²) in [5.74, 6) is 0.628. The van der Waals surface area contributed by atoms with Crippen LogP contribution in [0.4, 0.5) is 11.4 Å². The highest BCUT2D eigenvalue weighted by Gasteiger charge is 2.15. The van der Waals surface area contributed by atoms with E-state index in [9.17, 15) is 4.79 Å². The molecule has 0 bridgehead atoms. The number of carbonyl (C=O) groups is 1. The van der Waals surface area contributed by atoms with Gasteiger partial charge < -0.3 is 11.1 Å². The zero-order chi connectivity index (χ0) is 15.3. The number of nitrogens with two attached hydrogens (primary N) is 1. The van der Waals surface area contributed by atoms with Crippen LogP contribution in [0.2, 0.25) is 0 Å². The van der Waals surface area contributed by atoms with E-state index in [1.807, 2.05) is 32.2 Å². The van der Waals surface area contributed by atoms with E-state index >= 15 is 0 Å². The smallest absolute Gasteiger partial charge is 0.238 e. The molecule has 0 aliphatic heterocycles. The van der Waals surface area contributed by atoms with Gasteiger partial charge >= 0.3 is 0 Å². The average Bonchev–Trinajstić information content (AvgIpc) is 2.34. The first-order valence-electron chi connectivity index (χ1n) is 7.16. The second-order valence-corrected chi connectivity index (χ2v) is 5.96. The lowest BCUT2D eigenvalue weighted by Gasteiger charge is -2.25. The number of carbonyl (C=O) groups excluding carboxylic acids is 1. The topological polar surface area (TPSA) is 58.4 Å². The first kappa shape index (κ1) is 16.5. The molecule has 1 atom stereocenters. The number of amides is 1. The minimum Gasteiger partial charge on any atom is -0.398 e. The van der Waals surface area contributed by atoms with Crippen LogP contribution in [0.25, 0.3) is 0 Å². The van der Waals surface area contributed by atoms with Gasteiger partial charge in [0.1, 0.15) is 0 Å². The summed E-state index contributed by atoms with van der Waals surface area (Å²) < 4.78 is 0. The summed E-state index contributed by atoms with van der Waals surface area (Å²) in [6, 6.07) is 5.95. The molecule has 20 heavy (non-hydrogen) atoms. The second-order valence-electron chi connectivity index (χ2n) is 5.96. The van der Waals surface area contributed by atoms with Crippen molar-refractivity contribution in [1.82, 2.24) is 4.90 Å². The van der Waals surface area contributed by atoms with Crippen LogP contribution >= 0.6 is 0 Å². The van der Waals surface area contributed by atoms with E-state index in [0.29, 0.717) is 24.2 Å². The van der Waals surface area contributed by atoms with Gasteiger partial charge in [0.25, 0.3) is 0 Å². The number of nitrogens with one attached hydrogen (secondary N) is 1. The van der Waals surface area contributed by atoms with Crippen LogP contribution in [-0.4, -0.2) is 30.4 Å². The third-order valence-electron chi connectivity index (χ3n) is 3.61. The van der Waals surface area contributed by atoms with Crippen LogP contribution in [0, 0.1) is 12.8 Å². The fraction of sp³-hybridized carbons (Fsp3) is 0.562. The molecule has 0 radical (unpaired) electrons. The first-order chi connectivity index (χ1) is 9.31. The van der Waals surface area contributed by atoms with E-state index in [1.54, 1.807) is 0 Å². The quantitative estimate of drug-likeness (QED) is 0.786. The molecule has 0 saturated heterocycles. The minimum absolute atomic E-state index is 0.00296. The van der Waals surface area contributed by atoms with Gasteiger partial charge in [0.05, 0.1) is 6.54 Å². The normalized spacial score (nSPS) is 12.8. The van der Waals surface area contributed by atoms with Crippen molar-refractivity contribution in [2.24, 2.45) is 5.92 Å². The molecule has 4 heteroatoms. The molecule has 1 rings (SSSR count). The molecule has 112 valence electrons. The molecule has 1 amide bonds. The minimum atomic E-state index is -0.00296. The zero-order valence-electron chi connectivity index (χ0n) is 13.2. The Morgan fingerprint density at radius 1 is 1.35 bits per heavy atom. The van der Waals surface area contributed by atoms with Crippen LogP contribution in [-0.2, 0) is 4.79 Å². The molecule has 1 aromatic rings. The fourth-order valence-electron chi connectivity index (χ4n) is 2.22. The summed E-state index contributed by atoms with van der Waals surface area (Å²) in [6.07, 6.45) is 1.08. The molecule has 0 fully saturated rings. The Hall–Kier alpha value is -1.55. The second kappa shape index (κ2) is 7.29. The van der Waals surface area contributed by atoms with E-state index in [-0.39, 0.29) is 5.91 Å². The average molecular weight is 277 g/mol. The number of anilines is 2. The molecule has 0 aliphatic carbocycles. The van der Waals surface area contributed by atoms with Crippen molar-refractivity contribution in [2.45, 2.75) is 40.2 Å². The number of hydrogen-bond acceptors (Lipinski definition) is 3. The summed E-state index contributed by atoms with van der Waals surface area (Å²) in [6.45, 7) is 8.85. The molecule has 0 spiro atoms. The summed E-state index contributed by atoms with van der Waals surface area (Å²) in [4.78, 5) is 14.2. The van der Waals surface area contributed by atoms with Crippen molar-refractivity contribution in [1.29, 1.82) is 0 Å². The number of likely N-dealkylation sites (N-methyl/N-ethyl adjacent to an activating group) is 1. The van der Waals surface area contributed by atoms with Crippen LogP contribution in [0.1, 0.15) is 32.8 Å². The van der Waals surface area contributed by atoms with E-state index < -0.39 is 0 Å². The van der Waals surface area contributed by atoms with Gasteiger partial charge in [-0.2, -0.15) is 0 Å². The predicted molar refractivity (Wildman–Crippen MR) is 85.8 cm³/mol. The number of rotatable bonds is 6. The lowest BCUT2D eigenvalue weighted by atomic mass is 10.0. The molecule has 1 aromatic carbocycles. The molecular formula is C16H27N3O. The lowest BCUT2D eigenvalue weighted by molar-refractivity contribution is -0.117. The van der Waals surface area contributed by atoms with Crippen molar-refractivity contribution in [3.8, 4) is 0 Å². The van der Waals surface area contributed by atoms with Gasteiger partial charge in [0.2, 0.25) is 5.91 Å². The zero-order valence-corrected chi connectivity index (χ0v) is 13.2. The summed E-state index contributed by atoms with van der Waals surface area (Å²) >= 11 is 0. The van der Waals surface area contributed by atoms with Crippen LogP contribution in [0.5, 0.6) is 0 Å². The van der Waals surface area contributed by atoms with Crippen molar-refractivity contribution in [3.63, 3.8) is 0 Å². The van der Waals surface area contributed by atoms with Gasteiger partial charge in [-0.1, -0.05) is 19.9 Å². The molecule has 0 saturated carbocycles. The van der Waals surface area contributed by atoms with Crippen molar-refractivity contribution in [3.05, 3.63) is 23.8 Å². The molecule has 3 N–H and O–H groups in total. The Morgan fingerprint density at radius 2 is 2.00 bits per heavy atom. The maximum atomic E-state index is 12.1. The largest absolute Gasteiger partial charge is 0.398 e. The van der Waals surface area contributed by atoms with Gasteiger partial charge in [-0.3, -0.25) is 9.69 Å². The van der Waals surface area contributed by atoms with E-state index in [0.717, 1.165) is 17.7 Å². The molecular weight excluding hydrogens is 250 g/mol. The standard InChI is InChI=1S/C16H27N3O/c1-11(2)9-12(3)19(5)10-16(20)18-15-8-6-7-14(17)13(15)4/h6-8,11-12H,9-10,17H2,1-5H3,(H,18,20). The van der Waals surface area contributed by atoms with Gasteiger partial charge in [-0.05, 0) is 50.9 Å². The monoisotopic (exact) mass is 277 g/mol. The highest BCUT2D eigenvalue weighted by molar-refractivity contribution is 5.93. The van der Waals surface area contributed by atoms with Crippen molar-refractivity contribution >= 4 is 17.3 Å². The molecule has 4 nitrogen and oxygen atoms in total. The molecule has 0 aromatic heterocycles. The number of nitrogen functional groups attached to an aromatic ring is 1. The molecule has 1 unspecified atom stereocenters. The predicted octanol–water partition coefficient (Wildman–Crippen LogP) is 2.88. The van der Waals surface area contributed by atoms with Gasteiger partial charge in [-0.25, -0.2) is 0 Å². The van der Waals surface area contributed by atoms with E-state index in [1.165, 1.54) is 0 Å². The van der Waals surface area contributed by atoms with Crippen LogP contribution in [0.15, 0.2) is 18.2 Å². The number of benzene rings is 1. The van der Waals surface area contributed by atoms with Gasteiger partial charge in [-0.15, -0.1) is 0 Å². The Morgan fingerprint density at radius 3 is 2.60 bits per heavy atom. The SMILES string of the molecule is Cc1c(N)cccc1NC(=O)CN(C)C(C)CC(C)C. The molecule has 0 heterocycles. The van der Waals surface area contributed by atoms with Gasteiger partial charge in [0.15, 0.2) is 0 Å². The summed E-state index contributed by atoms with van der Waals surface area (Å²) in [5.41, 5.74) is 8.24. The Bertz CT molecular complexity index is 457. The van der Waals surface area contributed by atoms with E-state index in [4.69, 9.17) is 5.73 Å². The summed E-state index contributed by atoms with van der Waals surface area (Å²) in [5, 5.41) is 2.93. The van der Waals surface area contributed by atoms with Crippen LogP contribution in [0.3, 0.4) is 0 Å². The van der Waals surface area contributed by atoms with Crippen molar-refractivity contribution in [2.75, 3.05) is 24.6 Å². The van der Waals surface area contributed by atoms with E-state index in [2.05, 4.69) is 31.0 Å². The summed E-state index contributed by atoms with van der Waals surface area (Å²) in [7, 11) is 1.98. The highest BCUT2D eigenvalue weighted by atomic mass is 16.2. The maximum absolute atomic E-state index is 12.1.